The van der Waals surface area contributed by atoms with Gasteiger partial charge in [0.25, 0.3) is 11.8 Å². The molecular weight excluding hydrogens is 280 g/mol. The molecule has 0 spiro atoms. The molecular formula is C13H20N2O2S2. The summed E-state index contributed by atoms with van der Waals surface area (Å²) in [6, 6.07) is 0. The summed E-state index contributed by atoms with van der Waals surface area (Å²) in [5.41, 5.74) is 6.38. The zero-order valence-electron chi connectivity index (χ0n) is 11.4. The summed E-state index contributed by atoms with van der Waals surface area (Å²) in [5.74, 6) is 0.383. The second-order valence-electron chi connectivity index (χ2n) is 3.95. The van der Waals surface area contributed by atoms with Crippen molar-refractivity contribution in [1.82, 2.24) is 4.90 Å². The van der Waals surface area contributed by atoms with Gasteiger partial charge in [-0.15, -0.1) is 0 Å². The Morgan fingerprint density at radius 3 is 1.89 bits per heavy atom. The molecule has 0 heterocycles. The van der Waals surface area contributed by atoms with Crippen molar-refractivity contribution >= 4 is 33.4 Å². The highest BCUT2D eigenvalue weighted by Crippen LogP contribution is 2.25. The molecule has 0 aromatic carbocycles. The molecule has 2 N–H and O–H groups in total. The summed E-state index contributed by atoms with van der Waals surface area (Å²) in [6.07, 6.45) is 0. The smallest absolute Gasteiger partial charge is 0.260 e. The lowest BCUT2D eigenvalue weighted by molar-refractivity contribution is -0.137. The van der Waals surface area contributed by atoms with Crippen molar-refractivity contribution < 1.29 is 9.59 Å². The van der Waals surface area contributed by atoms with Crippen LogP contribution in [0.25, 0.3) is 0 Å². The monoisotopic (exact) mass is 300 g/mol. The molecule has 0 fully saturated rings. The lowest BCUT2D eigenvalue weighted by Gasteiger charge is -2.22. The van der Waals surface area contributed by atoms with Gasteiger partial charge in [0, 0.05) is 34.9 Å². The van der Waals surface area contributed by atoms with Gasteiger partial charge in [-0.3, -0.25) is 9.59 Å². The Morgan fingerprint density at radius 1 is 1.05 bits per heavy atom. The summed E-state index contributed by atoms with van der Waals surface area (Å²) < 4.78 is 0. The SMILES string of the molecule is C=C(C)C(=O)N(C(=C)CSSCCN)C(=O)C(=C)C. The Bertz CT molecular complexity index is 379. The van der Waals surface area contributed by atoms with Crippen LogP contribution in [0, 0.1) is 0 Å². The number of nitrogens with two attached hydrogens (primary N) is 1. The third kappa shape index (κ3) is 6.13. The molecule has 0 saturated carbocycles. The van der Waals surface area contributed by atoms with E-state index in [2.05, 4.69) is 19.7 Å². The molecule has 106 valence electrons. The van der Waals surface area contributed by atoms with E-state index in [4.69, 9.17) is 5.73 Å². The Morgan fingerprint density at radius 2 is 1.53 bits per heavy atom. The number of amides is 2. The molecule has 0 aliphatic rings. The molecule has 0 radical (unpaired) electrons. The van der Waals surface area contributed by atoms with Crippen LogP contribution in [0.15, 0.2) is 36.6 Å². The highest BCUT2D eigenvalue weighted by molar-refractivity contribution is 8.76. The summed E-state index contributed by atoms with van der Waals surface area (Å²) in [4.78, 5) is 25.0. The number of hydrogen-bond acceptors (Lipinski definition) is 5. The van der Waals surface area contributed by atoms with Crippen LogP contribution in [0.3, 0.4) is 0 Å². The van der Waals surface area contributed by atoms with Crippen LogP contribution in [-0.4, -0.2) is 34.8 Å². The fraction of sp³-hybridized carbons (Fsp3) is 0.385. The lowest BCUT2D eigenvalue weighted by atomic mass is 10.2. The van der Waals surface area contributed by atoms with E-state index in [1.54, 1.807) is 24.6 Å². The Kier molecular flexibility index (Phi) is 8.54. The molecule has 0 saturated heterocycles. The van der Waals surface area contributed by atoms with Gasteiger partial charge in [-0.05, 0) is 13.8 Å². The van der Waals surface area contributed by atoms with Gasteiger partial charge >= 0.3 is 0 Å². The number of nitrogens with zero attached hydrogens (tertiary/aromatic N) is 1. The number of hydrogen-bond donors (Lipinski definition) is 1. The largest absolute Gasteiger partial charge is 0.330 e. The highest BCUT2D eigenvalue weighted by atomic mass is 33.1. The van der Waals surface area contributed by atoms with Gasteiger partial charge in [-0.2, -0.15) is 0 Å². The second kappa shape index (κ2) is 9.01. The maximum absolute atomic E-state index is 12.0. The topological polar surface area (TPSA) is 63.4 Å². The van der Waals surface area contributed by atoms with E-state index in [0.29, 0.717) is 18.0 Å². The number of rotatable bonds is 8. The number of imide groups is 1. The van der Waals surface area contributed by atoms with Crippen molar-refractivity contribution in [2.45, 2.75) is 13.8 Å². The minimum atomic E-state index is -0.442. The first-order valence-corrected chi connectivity index (χ1v) is 8.13. The van der Waals surface area contributed by atoms with Gasteiger partial charge in [0.15, 0.2) is 0 Å². The summed E-state index contributed by atoms with van der Waals surface area (Å²) in [5, 5.41) is 0. The minimum Gasteiger partial charge on any atom is -0.330 e. The zero-order valence-corrected chi connectivity index (χ0v) is 13.0. The van der Waals surface area contributed by atoms with Gasteiger partial charge < -0.3 is 5.73 Å². The minimum absolute atomic E-state index is 0.287. The molecule has 0 atom stereocenters. The van der Waals surface area contributed by atoms with E-state index in [0.717, 1.165) is 10.7 Å². The summed E-state index contributed by atoms with van der Waals surface area (Å²) in [7, 11) is 3.08. The Hall–Kier alpha value is -0.980. The predicted molar refractivity (Wildman–Crippen MR) is 84.6 cm³/mol. The van der Waals surface area contributed by atoms with Crippen molar-refractivity contribution in [3.05, 3.63) is 36.6 Å². The number of carbonyl (C=O) groups is 2. The van der Waals surface area contributed by atoms with Crippen LogP contribution in [0.4, 0.5) is 0 Å². The second-order valence-corrected chi connectivity index (χ2v) is 6.53. The van der Waals surface area contributed by atoms with Gasteiger partial charge in [-0.1, -0.05) is 41.3 Å². The fourth-order valence-electron chi connectivity index (χ4n) is 1.04. The molecule has 2 amide bonds. The van der Waals surface area contributed by atoms with Gasteiger partial charge in [0.2, 0.25) is 0 Å². The van der Waals surface area contributed by atoms with Crippen LogP contribution >= 0.6 is 21.6 Å². The summed E-state index contributed by atoms with van der Waals surface area (Å²) in [6.45, 7) is 14.6. The van der Waals surface area contributed by atoms with E-state index >= 15 is 0 Å². The van der Waals surface area contributed by atoms with Crippen molar-refractivity contribution in [3.63, 3.8) is 0 Å². The molecule has 0 bridgehead atoms. The normalized spacial score (nSPS) is 9.84. The van der Waals surface area contributed by atoms with E-state index in [-0.39, 0.29) is 11.1 Å². The van der Waals surface area contributed by atoms with E-state index < -0.39 is 11.8 Å². The Labute approximate surface area is 122 Å². The predicted octanol–water partition coefficient (Wildman–Crippen LogP) is 2.35. The van der Waals surface area contributed by atoms with Crippen molar-refractivity contribution in [3.8, 4) is 0 Å². The highest BCUT2D eigenvalue weighted by Gasteiger charge is 2.24. The van der Waals surface area contributed by atoms with Crippen LogP contribution in [-0.2, 0) is 9.59 Å². The molecule has 19 heavy (non-hydrogen) atoms. The van der Waals surface area contributed by atoms with Crippen molar-refractivity contribution in [2.24, 2.45) is 5.73 Å². The standard InChI is InChI=1S/C13H20N2O2S2/c1-9(2)12(16)15(13(17)10(3)4)11(5)8-19-18-7-6-14/h1,3,5-8,14H2,2,4H3. The van der Waals surface area contributed by atoms with Gasteiger partial charge in [0.1, 0.15) is 0 Å². The van der Waals surface area contributed by atoms with Crippen molar-refractivity contribution in [1.29, 1.82) is 0 Å². The van der Waals surface area contributed by atoms with Crippen LogP contribution in [0.5, 0.6) is 0 Å². The molecule has 0 unspecified atom stereocenters. The van der Waals surface area contributed by atoms with Crippen molar-refractivity contribution in [2.75, 3.05) is 18.1 Å². The fourth-order valence-corrected chi connectivity index (χ4v) is 2.91. The molecule has 4 nitrogen and oxygen atoms in total. The number of carbonyl (C=O) groups excluding carboxylic acids is 2. The van der Waals surface area contributed by atoms with Gasteiger partial charge in [0.05, 0.1) is 0 Å². The third-order valence-corrected chi connectivity index (χ3v) is 4.34. The van der Waals surface area contributed by atoms with Crippen LogP contribution < -0.4 is 5.73 Å². The first-order chi connectivity index (χ1) is 8.82. The quantitative estimate of drug-likeness (QED) is 0.423. The molecule has 0 aliphatic heterocycles. The lowest BCUT2D eigenvalue weighted by Crippen LogP contribution is -2.37. The Balaban J connectivity index is 4.79. The first kappa shape index (κ1) is 18.0. The average Bonchev–Trinajstić information content (AvgIpc) is 2.34. The van der Waals surface area contributed by atoms with Crippen LogP contribution in [0.1, 0.15) is 13.8 Å². The van der Waals surface area contributed by atoms with E-state index in [9.17, 15) is 9.59 Å². The van der Waals surface area contributed by atoms with E-state index in [1.165, 1.54) is 10.8 Å². The molecule has 0 rings (SSSR count). The van der Waals surface area contributed by atoms with E-state index in [1.807, 2.05) is 0 Å². The average molecular weight is 300 g/mol. The first-order valence-electron chi connectivity index (χ1n) is 5.65. The molecule has 0 aromatic heterocycles. The maximum atomic E-state index is 12.0. The zero-order chi connectivity index (χ0) is 15.0. The molecule has 0 aromatic rings. The summed E-state index contributed by atoms with van der Waals surface area (Å²) >= 11 is 0. The maximum Gasteiger partial charge on any atom is 0.260 e. The van der Waals surface area contributed by atoms with Gasteiger partial charge in [-0.25, -0.2) is 4.90 Å². The molecule has 6 heteroatoms. The third-order valence-electron chi connectivity index (χ3n) is 1.96. The molecule has 0 aliphatic carbocycles. The van der Waals surface area contributed by atoms with Crippen LogP contribution in [0.2, 0.25) is 0 Å².